The second-order valence-electron chi connectivity index (χ2n) is 6.21. The van der Waals surface area contributed by atoms with Crippen molar-refractivity contribution in [3.8, 4) is 0 Å². The number of nitrogens with zero attached hydrogens (tertiary/aromatic N) is 3. The molecule has 0 atom stereocenters. The third kappa shape index (κ3) is 4.25. The van der Waals surface area contributed by atoms with Gasteiger partial charge in [-0.1, -0.05) is 47.5 Å². The minimum atomic E-state index is -3.89. The van der Waals surface area contributed by atoms with Crippen molar-refractivity contribution >= 4 is 65.9 Å². The number of para-hydroxylation sites is 1. The summed E-state index contributed by atoms with van der Waals surface area (Å²) >= 11 is 15.4. The lowest BCUT2D eigenvalue weighted by Gasteiger charge is -2.08. The topological polar surface area (TPSA) is 76.9 Å². The van der Waals surface area contributed by atoms with Gasteiger partial charge in [-0.25, -0.2) is 8.42 Å². The molecule has 29 heavy (non-hydrogen) atoms. The zero-order valence-electron chi connectivity index (χ0n) is 14.7. The number of sulfonamides is 1. The zero-order valence-corrected chi connectivity index (χ0v) is 18.6. The monoisotopic (exact) mass is 510 g/mol. The van der Waals surface area contributed by atoms with Crippen LogP contribution in [0.4, 0.5) is 5.82 Å². The second kappa shape index (κ2) is 7.95. The number of fused-ring (bicyclic) bond motifs is 1. The minimum Gasteiger partial charge on any atom is -0.265 e. The average Bonchev–Trinajstić information content (AvgIpc) is 3.02. The van der Waals surface area contributed by atoms with Gasteiger partial charge in [-0.15, -0.1) is 0 Å². The van der Waals surface area contributed by atoms with Crippen LogP contribution >= 0.6 is 39.1 Å². The van der Waals surface area contributed by atoms with Crippen LogP contribution in [-0.4, -0.2) is 23.2 Å². The summed E-state index contributed by atoms with van der Waals surface area (Å²) in [6, 6.07) is 13.8. The second-order valence-corrected chi connectivity index (χ2v) is 9.53. The van der Waals surface area contributed by atoms with E-state index in [2.05, 4.69) is 30.7 Å². The van der Waals surface area contributed by atoms with Gasteiger partial charge in [0.25, 0.3) is 10.0 Å². The van der Waals surface area contributed by atoms with Gasteiger partial charge in [-0.2, -0.15) is 5.10 Å². The molecule has 0 spiro atoms. The van der Waals surface area contributed by atoms with Crippen molar-refractivity contribution in [2.75, 3.05) is 4.72 Å². The fourth-order valence-electron chi connectivity index (χ4n) is 2.85. The van der Waals surface area contributed by atoms with Gasteiger partial charge in [0.15, 0.2) is 5.82 Å². The molecule has 2 heterocycles. The number of nitrogens with one attached hydrogen (secondary N) is 1. The van der Waals surface area contributed by atoms with E-state index in [0.29, 0.717) is 26.6 Å². The molecule has 148 valence electrons. The summed E-state index contributed by atoms with van der Waals surface area (Å²) in [7, 11) is -3.89. The van der Waals surface area contributed by atoms with E-state index < -0.39 is 10.0 Å². The first-order valence-corrected chi connectivity index (χ1v) is 11.4. The van der Waals surface area contributed by atoms with Crippen LogP contribution < -0.4 is 4.72 Å². The standard InChI is InChI=1S/C19H13BrCl2N4O2S/c20-14-11-26(10-12-6-7-15(21)16(22)9-12)24-19(14)25-29(27,28)17-5-1-3-13-4-2-8-23-18(13)17/h1-9,11H,10H2,(H,24,25). The molecule has 4 aromatic rings. The van der Waals surface area contributed by atoms with E-state index in [9.17, 15) is 8.42 Å². The van der Waals surface area contributed by atoms with Crippen molar-refractivity contribution in [1.29, 1.82) is 0 Å². The summed E-state index contributed by atoms with van der Waals surface area (Å²) in [6.07, 6.45) is 3.24. The van der Waals surface area contributed by atoms with Crippen LogP contribution in [0.1, 0.15) is 5.56 Å². The molecule has 2 aromatic heterocycles. The van der Waals surface area contributed by atoms with Crippen LogP contribution in [0.2, 0.25) is 10.0 Å². The molecule has 0 unspecified atom stereocenters. The highest BCUT2D eigenvalue weighted by atomic mass is 79.9. The Hall–Kier alpha value is -2.13. The van der Waals surface area contributed by atoms with E-state index in [1.807, 2.05) is 18.2 Å². The van der Waals surface area contributed by atoms with Gasteiger partial charge in [-0.3, -0.25) is 14.4 Å². The molecule has 0 amide bonds. The van der Waals surface area contributed by atoms with Gasteiger partial charge in [-0.05, 0) is 45.8 Å². The van der Waals surface area contributed by atoms with E-state index in [-0.39, 0.29) is 10.7 Å². The Morgan fingerprint density at radius 1 is 1.07 bits per heavy atom. The van der Waals surface area contributed by atoms with E-state index in [1.54, 1.807) is 41.3 Å². The van der Waals surface area contributed by atoms with Crippen LogP contribution in [0.5, 0.6) is 0 Å². The first kappa shape index (κ1) is 20.2. The molecule has 0 saturated carbocycles. The van der Waals surface area contributed by atoms with Crippen molar-refractivity contribution in [2.45, 2.75) is 11.4 Å². The first-order chi connectivity index (χ1) is 13.8. The molecule has 0 aliphatic heterocycles. The highest BCUT2D eigenvalue weighted by Gasteiger charge is 2.21. The zero-order chi connectivity index (χ0) is 20.6. The number of hydrogen-bond acceptors (Lipinski definition) is 4. The number of aromatic nitrogens is 3. The number of benzene rings is 2. The van der Waals surface area contributed by atoms with Crippen LogP contribution in [0.25, 0.3) is 10.9 Å². The molecular weight excluding hydrogens is 499 g/mol. The third-order valence-electron chi connectivity index (χ3n) is 4.16. The Morgan fingerprint density at radius 3 is 2.66 bits per heavy atom. The van der Waals surface area contributed by atoms with Crippen molar-refractivity contribution in [3.63, 3.8) is 0 Å². The van der Waals surface area contributed by atoms with Crippen LogP contribution in [0.3, 0.4) is 0 Å². The maximum absolute atomic E-state index is 13.0. The minimum absolute atomic E-state index is 0.0848. The number of rotatable bonds is 5. The number of pyridine rings is 1. The molecular formula is C19H13BrCl2N4O2S. The summed E-state index contributed by atoms with van der Waals surface area (Å²) < 4.78 is 30.6. The SMILES string of the molecule is O=S(=O)(Nc1nn(Cc2ccc(Cl)c(Cl)c2)cc1Br)c1cccc2cccnc12. The third-order valence-corrected chi connectivity index (χ3v) is 6.85. The predicted molar refractivity (Wildman–Crippen MR) is 118 cm³/mol. The molecule has 0 aliphatic carbocycles. The molecule has 4 rings (SSSR count). The molecule has 0 bridgehead atoms. The first-order valence-electron chi connectivity index (χ1n) is 8.37. The van der Waals surface area contributed by atoms with Gasteiger partial charge in [0.2, 0.25) is 0 Å². The molecule has 2 aromatic carbocycles. The Bertz CT molecular complexity index is 1320. The van der Waals surface area contributed by atoms with Gasteiger partial charge in [0.1, 0.15) is 4.90 Å². The van der Waals surface area contributed by atoms with Crippen molar-refractivity contribution in [2.24, 2.45) is 0 Å². The molecule has 0 fully saturated rings. The molecule has 0 saturated heterocycles. The lowest BCUT2D eigenvalue weighted by atomic mass is 10.2. The Morgan fingerprint density at radius 2 is 1.86 bits per heavy atom. The van der Waals surface area contributed by atoms with Gasteiger partial charge in [0, 0.05) is 17.8 Å². The summed E-state index contributed by atoms with van der Waals surface area (Å²) in [5.74, 6) is 0.179. The lowest BCUT2D eigenvalue weighted by Crippen LogP contribution is -2.15. The molecule has 6 nitrogen and oxygen atoms in total. The van der Waals surface area contributed by atoms with E-state index in [4.69, 9.17) is 23.2 Å². The smallest absolute Gasteiger partial charge is 0.265 e. The largest absolute Gasteiger partial charge is 0.265 e. The quantitative estimate of drug-likeness (QED) is 0.391. The van der Waals surface area contributed by atoms with E-state index >= 15 is 0 Å². The Labute approximate surface area is 185 Å². The summed E-state index contributed by atoms with van der Waals surface area (Å²) in [4.78, 5) is 4.29. The van der Waals surface area contributed by atoms with Crippen molar-refractivity contribution in [3.05, 3.63) is 81.0 Å². The highest BCUT2D eigenvalue weighted by Crippen LogP contribution is 2.27. The summed E-state index contributed by atoms with van der Waals surface area (Å²) in [5, 5.41) is 5.98. The fourth-order valence-corrected chi connectivity index (χ4v) is 4.91. The lowest BCUT2D eigenvalue weighted by molar-refractivity contribution is 0.601. The van der Waals surface area contributed by atoms with E-state index in [1.165, 1.54) is 6.07 Å². The average molecular weight is 512 g/mol. The summed E-state index contributed by atoms with van der Waals surface area (Å²) in [6.45, 7) is 0.396. The Balaban J connectivity index is 1.63. The predicted octanol–water partition coefficient (Wildman–Crippen LogP) is 5.35. The molecule has 0 aliphatic rings. The number of hydrogen-bond donors (Lipinski definition) is 1. The van der Waals surface area contributed by atoms with Crippen LogP contribution in [-0.2, 0) is 16.6 Å². The van der Waals surface area contributed by atoms with Crippen LogP contribution in [0.15, 0.2) is 70.3 Å². The van der Waals surface area contributed by atoms with E-state index in [0.717, 1.165) is 10.9 Å². The van der Waals surface area contributed by atoms with Gasteiger partial charge < -0.3 is 0 Å². The maximum Gasteiger partial charge on any atom is 0.265 e. The Kier molecular flexibility index (Phi) is 5.52. The van der Waals surface area contributed by atoms with Gasteiger partial charge >= 0.3 is 0 Å². The molecule has 0 radical (unpaired) electrons. The fraction of sp³-hybridized carbons (Fsp3) is 0.0526. The van der Waals surface area contributed by atoms with Gasteiger partial charge in [0.05, 0.1) is 26.6 Å². The maximum atomic E-state index is 13.0. The van der Waals surface area contributed by atoms with Crippen molar-refractivity contribution in [1.82, 2.24) is 14.8 Å². The summed E-state index contributed by atoms with van der Waals surface area (Å²) in [5.41, 5.74) is 1.27. The van der Waals surface area contributed by atoms with Crippen LogP contribution in [0, 0.1) is 0 Å². The molecule has 10 heteroatoms. The highest BCUT2D eigenvalue weighted by molar-refractivity contribution is 9.10. The normalized spacial score (nSPS) is 11.7. The number of anilines is 1. The molecule has 1 N–H and O–H groups in total. The van der Waals surface area contributed by atoms with Crippen molar-refractivity contribution < 1.29 is 8.42 Å². The number of halogens is 3.